The summed E-state index contributed by atoms with van der Waals surface area (Å²) in [5, 5.41) is 12.8. The number of ketones is 1. The van der Waals surface area contributed by atoms with E-state index in [0.717, 1.165) is 39.1 Å². The Morgan fingerprint density at radius 3 is 2.68 bits per heavy atom. The van der Waals surface area contributed by atoms with Gasteiger partial charge in [-0.25, -0.2) is 4.98 Å². The summed E-state index contributed by atoms with van der Waals surface area (Å²) in [7, 11) is 0. The highest BCUT2D eigenvalue weighted by Crippen LogP contribution is 2.32. The molecule has 4 heterocycles. The van der Waals surface area contributed by atoms with Crippen molar-refractivity contribution in [3.63, 3.8) is 0 Å². The first kappa shape index (κ1) is 19.7. The summed E-state index contributed by atoms with van der Waals surface area (Å²) in [6.45, 7) is 5.99. The van der Waals surface area contributed by atoms with E-state index < -0.39 is 0 Å². The summed E-state index contributed by atoms with van der Waals surface area (Å²) < 4.78 is 2.20. The summed E-state index contributed by atoms with van der Waals surface area (Å²) in [5.41, 5.74) is 7.38. The molecule has 0 atom stereocenters. The Bertz CT molecular complexity index is 1250. The fraction of sp³-hybridized carbons (Fsp3) is 0.417. The van der Waals surface area contributed by atoms with Gasteiger partial charge in [0.2, 0.25) is 0 Å². The number of pyridine rings is 1. The minimum absolute atomic E-state index is 0.00311. The third-order valence-corrected chi connectivity index (χ3v) is 6.66. The van der Waals surface area contributed by atoms with Gasteiger partial charge in [-0.05, 0) is 51.3 Å². The lowest BCUT2D eigenvalue weighted by molar-refractivity contribution is 0.0987. The van der Waals surface area contributed by atoms with Crippen LogP contribution < -0.4 is 0 Å². The molecular formula is C24H28N6O. The fourth-order valence-electron chi connectivity index (χ4n) is 4.71. The summed E-state index contributed by atoms with van der Waals surface area (Å²) in [4.78, 5) is 20.7. The van der Waals surface area contributed by atoms with Crippen molar-refractivity contribution >= 4 is 16.8 Å². The van der Waals surface area contributed by atoms with Gasteiger partial charge in [0, 0.05) is 40.5 Å². The molecule has 5 rings (SSSR count). The van der Waals surface area contributed by atoms with Gasteiger partial charge in [-0.3, -0.25) is 14.6 Å². The molecule has 0 spiro atoms. The average molecular weight is 417 g/mol. The zero-order chi connectivity index (χ0) is 21.5. The monoisotopic (exact) mass is 416 g/mol. The smallest absolute Gasteiger partial charge is 0.187 e. The molecule has 0 saturated heterocycles. The van der Waals surface area contributed by atoms with Gasteiger partial charge in [0.15, 0.2) is 5.78 Å². The van der Waals surface area contributed by atoms with Crippen LogP contribution in [0.25, 0.3) is 22.3 Å². The van der Waals surface area contributed by atoms with E-state index in [1.807, 2.05) is 26.1 Å². The molecule has 0 radical (unpaired) electrons. The Morgan fingerprint density at radius 2 is 1.94 bits per heavy atom. The first-order valence-corrected chi connectivity index (χ1v) is 11.1. The molecule has 1 aliphatic carbocycles. The molecule has 0 unspecified atom stereocenters. The van der Waals surface area contributed by atoms with E-state index in [4.69, 9.17) is 5.10 Å². The maximum atomic E-state index is 12.7. The lowest BCUT2D eigenvalue weighted by atomic mass is 9.95. The lowest BCUT2D eigenvalue weighted by Gasteiger charge is -2.23. The van der Waals surface area contributed by atoms with E-state index in [2.05, 4.69) is 37.8 Å². The molecule has 160 valence electrons. The Kier molecular flexibility index (Phi) is 4.96. The number of carbonyl (C=O) groups is 1. The van der Waals surface area contributed by atoms with E-state index in [1.54, 1.807) is 6.20 Å². The van der Waals surface area contributed by atoms with Gasteiger partial charge in [0.1, 0.15) is 11.3 Å². The van der Waals surface area contributed by atoms with Crippen molar-refractivity contribution < 1.29 is 4.79 Å². The second-order valence-corrected chi connectivity index (χ2v) is 8.77. The summed E-state index contributed by atoms with van der Waals surface area (Å²) in [6.07, 6.45) is 10.3. The highest BCUT2D eigenvalue weighted by molar-refractivity contribution is 5.97. The van der Waals surface area contributed by atoms with Crippen LogP contribution >= 0.6 is 0 Å². The van der Waals surface area contributed by atoms with Crippen LogP contribution in [0.2, 0.25) is 0 Å². The minimum Gasteiger partial charge on any atom is -0.339 e. The molecule has 31 heavy (non-hydrogen) atoms. The van der Waals surface area contributed by atoms with Crippen molar-refractivity contribution in [2.75, 3.05) is 0 Å². The second-order valence-electron chi connectivity index (χ2n) is 8.77. The van der Waals surface area contributed by atoms with E-state index >= 15 is 0 Å². The number of H-pyrrole nitrogens is 2. The lowest BCUT2D eigenvalue weighted by Crippen LogP contribution is -2.15. The van der Waals surface area contributed by atoms with Gasteiger partial charge >= 0.3 is 0 Å². The molecule has 1 saturated carbocycles. The molecule has 0 aliphatic heterocycles. The Hall–Kier alpha value is -3.22. The zero-order valence-electron chi connectivity index (χ0n) is 18.3. The van der Waals surface area contributed by atoms with Crippen molar-refractivity contribution in [1.29, 1.82) is 0 Å². The maximum Gasteiger partial charge on any atom is 0.187 e. The number of fused-ring (bicyclic) bond motifs is 1. The number of aromatic nitrogens is 6. The van der Waals surface area contributed by atoms with Crippen LogP contribution in [0.4, 0.5) is 0 Å². The summed E-state index contributed by atoms with van der Waals surface area (Å²) in [6, 6.07) is 4.66. The largest absolute Gasteiger partial charge is 0.339 e. The van der Waals surface area contributed by atoms with E-state index in [0.29, 0.717) is 11.7 Å². The van der Waals surface area contributed by atoms with Gasteiger partial charge in [0.05, 0.1) is 17.9 Å². The van der Waals surface area contributed by atoms with Crippen LogP contribution in [-0.4, -0.2) is 35.7 Å². The van der Waals surface area contributed by atoms with E-state index in [-0.39, 0.29) is 12.2 Å². The number of Topliss-reactive ketones (excluding diaryl/α,β-unsaturated/α-hetero) is 1. The molecule has 4 aromatic rings. The average Bonchev–Trinajstić information content (AvgIpc) is 3.45. The molecule has 0 amide bonds. The summed E-state index contributed by atoms with van der Waals surface area (Å²) in [5.74, 6) is 0.00311. The fourth-order valence-corrected chi connectivity index (χ4v) is 4.71. The van der Waals surface area contributed by atoms with Crippen LogP contribution in [-0.2, 0) is 6.42 Å². The number of aromatic amines is 2. The molecular weight excluding hydrogens is 388 g/mol. The quantitative estimate of drug-likeness (QED) is 0.448. The number of carbonyl (C=O) groups excluding carboxylic acids is 1. The van der Waals surface area contributed by atoms with Crippen molar-refractivity contribution in [2.45, 2.75) is 65.3 Å². The van der Waals surface area contributed by atoms with Crippen LogP contribution in [0.5, 0.6) is 0 Å². The SMILES string of the molecule is Cc1[nH]nc(C(=O)Cc2cnc3[nH]c(-c4cnn(C5CCCCC5)c4C)cc3c2)c1C. The van der Waals surface area contributed by atoms with Crippen LogP contribution in [0.1, 0.15) is 71.1 Å². The Balaban J connectivity index is 1.40. The standard InChI is InChI=1S/C24H28N6O/c1-14-15(2)28-29-23(14)22(31)10-17-9-18-11-21(27-24(18)25-12-17)20-13-26-30(16(20)3)19-7-5-4-6-8-19/h9,11-13,19H,4-8,10H2,1-3H3,(H,25,27)(H,28,29). The summed E-state index contributed by atoms with van der Waals surface area (Å²) >= 11 is 0. The van der Waals surface area contributed by atoms with Crippen molar-refractivity contribution in [1.82, 2.24) is 29.9 Å². The zero-order valence-corrected chi connectivity index (χ0v) is 18.3. The number of hydrogen-bond acceptors (Lipinski definition) is 4. The number of hydrogen-bond donors (Lipinski definition) is 2. The Labute approximate surface area is 181 Å². The molecule has 0 bridgehead atoms. The van der Waals surface area contributed by atoms with Crippen molar-refractivity contribution in [2.24, 2.45) is 0 Å². The predicted octanol–water partition coefficient (Wildman–Crippen LogP) is 5.01. The number of nitrogens with zero attached hydrogens (tertiary/aromatic N) is 4. The normalized spacial score (nSPS) is 15.1. The molecule has 0 aromatic carbocycles. The van der Waals surface area contributed by atoms with Gasteiger partial charge in [-0.15, -0.1) is 0 Å². The van der Waals surface area contributed by atoms with Gasteiger partial charge in [0.25, 0.3) is 0 Å². The predicted molar refractivity (Wildman–Crippen MR) is 120 cm³/mol. The first-order valence-electron chi connectivity index (χ1n) is 11.1. The maximum absolute atomic E-state index is 12.7. The molecule has 7 nitrogen and oxygen atoms in total. The third kappa shape index (κ3) is 3.58. The molecule has 7 heteroatoms. The second kappa shape index (κ2) is 7.80. The minimum atomic E-state index is 0.00311. The van der Waals surface area contributed by atoms with Gasteiger partial charge in [-0.2, -0.15) is 10.2 Å². The first-order chi connectivity index (χ1) is 15.0. The number of aryl methyl sites for hydroxylation is 1. The molecule has 2 N–H and O–H groups in total. The van der Waals surface area contributed by atoms with Crippen LogP contribution in [0.3, 0.4) is 0 Å². The highest BCUT2D eigenvalue weighted by atomic mass is 16.1. The van der Waals surface area contributed by atoms with Crippen LogP contribution in [0.15, 0.2) is 24.5 Å². The Morgan fingerprint density at radius 1 is 1.13 bits per heavy atom. The molecule has 1 fully saturated rings. The van der Waals surface area contributed by atoms with E-state index in [9.17, 15) is 4.79 Å². The van der Waals surface area contributed by atoms with Gasteiger partial charge in [-0.1, -0.05) is 19.3 Å². The molecule has 4 aromatic heterocycles. The number of nitrogens with one attached hydrogen (secondary N) is 2. The van der Waals surface area contributed by atoms with Gasteiger partial charge < -0.3 is 4.98 Å². The van der Waals surface area contributed by atoms with Crippen molar-refractivity contribution in [3.8, 4) is 11.3 Å². The topological polar surface area (TPSA) is 92.2 Å². The third-order valence-electron chi connectivity index (χ3n) is 6.66. The highest BCUT2D eigenvalue weighted by Gasteiger charge is 2.20. The van der Waals surface area contributed by atoms with E-state index in [1.165, 1.54) is 37.8 Å². The number of rotatable bonds is 5. The van der Waals surface area contributed by atoms with Crippen LogP contribution in [0, 0.1) is 20.8 Å². The molecule has 1 aliphatic rings. The van der Waals surface area contributed by atoms with Crippen molar-refractivity contribution in [3.05, 3.63) is 52.7 Å².